The van der Waals surface area contributed by atoms with E-state index in [4.69, 9.17) is 8.83 Å². The van der Waals surface area contributed by atoms with Crippen LogP contribution in [-0.4, -0.2) is 3.21 Å². The summed E-state index contributed by atoms with van der Waals surface area (Å²) in [5, 5.41) is 5.07. The fourth-order valence-electron chi connectivity index (χ4n) is 6.30. The second kappa shape index (κ2) is 16.8. The first-order valence-electron chi connectivity index (χ1n) is 16.6. The molecule has 0 saturated heterocycles. The van der Waals surface area contributed by atoms with Gasteiger partial charge in [0.25, 0.3) is 0 Å². The van der Waals surface area contributed by atoms with Crippen molar-refractivity contribution in [2.75, 3.05) is 0 Å². The Kier molecular flexibility index (Phi) is 12.5. The molecule has 5 heteroatoms. The predicted octanol–water partition coefficient (Wildman–Crippen LogP) is 6.79. The Morgan fingerprint density at radius 3 is 1.56 bits per heavy atom. The van der Waals surface area contributed by atoms with E-state index in [0.717, 1.165) is 34.2 Å². The van der Waals surface area contributed by atoms with Gasteiger partial charge in [0.1, 0.15) is 0 Å². The van der Waals surface area contributed by atoms with Crippen molar-refractivity contribution in [2.45, 2.75) is 40.0 Å². The second-order valence-corrected chi connectivity index (χ2v) is 14.3. The molecule has 0 bridgehead atoms. The van der Waals surface area contributed by atoms with E-state index in [1.54, 1.807) is 27.4 Å². The fraction of sp³-hybridized carbons (Fsp3) is 0.133. The minimum absolute atomic E-state index is 0. The van der Waals surface area contributed by atoms with Crippen LogP contribution in [0.15, 0.2) is 148 Å². The molecule has 1 saturated carbocycles. The van der Waals surface area contributed by atoms with Crippen molar-refractivity contribution in [3.63, 3.8) is 0 Å². The van der Waals surface area contributed by atoms with E-state index in [-0.39, 0.29) is 24.8 Å². The molecule has 2 heterocycles. The summed E-state index contributed by atoms with van der Waals surface area (Å²) in [5.74, 6) is 3.76. The van der Waals surface area contributed by atoms with E-state index >= 15 is 0 Å². The maximum absolute atomic E-state index is 5.77. The van der Waals surface area contributed by atoms with Crippen molar-refractivity contribution < 1.29 is 57.9 Å². The zero-order valence-corrected chi connectivity index (χ0v) is 32.4. The molecule has 0 amide bonds. The summed E-state index contributed by atoms with van der Waals surface area (Å²) in [6, 6.07) is 48.9. The van der Waals surface area contributed by atoms with E-state index in [2.05, 4.69) is 116 Å². The van der Waals surface area contributed by atoms with Crippen molar-refractivity contribution in [1.82, 2.24) is 0 Å². The van der Waals surface area contributed by atoms with Gasteiger partial charge in [-0.05, 0) is 61.7 Å². The average Bonchev–Trinajstić information content (AvgIpc) is 3.91. The van der Waals surface area contributed by atoms with Gasteiger partial charge in [0, 0.05) is 0 Å². The number of fused-ring (bicyclic) bond motifs is 2. The molecule has 1 aliphatic carbocycles. The molecule has 2 aromatic heterocycles. The molecule has 0 atom stereocenters. The summed E-state index contributed by atoms with van der Waals surface area (Å²) < 4.78 is 13.3. The Bertz CT molecular complexity index is 2310. The Morgan fingerprint density at radius 1 is 0.540 bits per heavy atom. The SMILES string of the molecule is Cc1ccc(-c2cc3c(-c4ccccc4)c(C)ccc3[cH-]2)o1.Cc1ccc(-c2cc3c(-c4ccccc4)cccc3[cH-]2)o1.[Cl-].[Cl-].[Zr+2]=[C]1CCC1. The van der Waals surface area contributed by atoms with Crippen molar-refractivity contribution in [3.8, 4) is 44.9 Å². The third-order valence-corrected chi connectivity index (χ3v) is 10.2. The number of hydrogen-bond acceptors (Lipinski definition) is 2. The van der Waals surface area contributed by atoms with Crippen LogP contribution in [0, 0.1) is 20.8 Å². The summed E-state index contributed by atoms with van der Waals surface area (Å²) in [5.41, 5.74) is 8.67. The molecule has 250 valence electrons. The van der Waals surface area contributed by atoms with Crippen LogP contribution < -0.4 is 24.8 Å². The normalized spacial score (nSPS) is 11.8. The van der Waals surface area contributed by atoms with Gasteiger partial charge in [0.15, 0.2) is 0 Å². The molecular weight excluding hydrogens is 735 g/mol. The van der Waals surface area contributed by atoms with E-state index in [9.17, 15) is 0 Å². The standard InChI is InChI=1S/C21H17O.C20H15O.C4H6.2ClH.Zr/c1-14-8-10-17-12-18(20-11-9-15(2)22-20)13-19(17)21(14)16-6-4-3-5-7-16;1-14-10-11-20(21-14)17-12-16-8-5-9-18(19(16)13-17)15-6-3-2-4-7-15;1-2-4-3-1;;;/h3-13H,1-2H3;2-13H,1H3;1-3H2;2*1H;/q2*-1;;;;+2/p-2. The van der Waals surface area contributed by atoms with Crippen LogP contribution in [0.3, 0.4) is 0 Å². The summed E-state index contributed by atoms with van der Waals surface area (Å²) in [4.78, 5) is 0. The van der Waals surface area contributed by atoms with Crippen LogP contribution >= 0.6 is 0 Å². The summed E-state index contributed by atoms with van der Waals surface area (Å²) in [6.45, 7) is 6.12. The molecular formula is C45H38Cl2O2Zr-2. The van der Waals surface area contributed by atoms with E-state index in [1.165, 1.54) is 68.6 Å². The fourth-order valence-corrected chi connectivity index (χ4v) is 7.17. The van der Waals surface area contributed by atoms with Crippen LogP contribution in [0.5, 0.6) is 0 Å². The quantitative estimate of drug-likeness (QED) is 0.184. The monoisotopic (exact) mass is 770 g/mol. The number of hydrogen-bond donors (Lipinski definition) is 0. The first-order chi connectivity index (χ1) is 23.4. The molecule has 9 rings (SSSR count). The second-order valence-electron chi connectivity index (χ2n) is 12.6. The average molecular weight is 773 g/mol. The zero-order valence-electron chi connectivity index (χ0n) is 28.5. The number of rotatable bonds is 4. The summed E-state index contributed by atoms with van der Waals surface area (Å²) in [7, 11) is 0. The van der Waals surface area contributed by atoms with Gasteiger partial charge < -0.3 is 33.6 Å². The molecule has 0 N–H and O–H groups in total. The van der Waals surface area contributed by atoms with Gasteiger partial charge in [-0.3, -0.25) is 0 Å². The van der Waals surface area contributed by atoms with E-state index < -0.39 is 0 Å². The van der Waals surface area contributed by atoms with Gasteiger partial charge in [-0.15, -0.1) is 57.9 Å². The first kappa shape index (κ1) is 37.3. The molecule has 50 heavy (non-hydrogen) atoms. The van der Waals surface area contributed by atoms with Gasteiger partial charge in [0.05, 0.1) is 23.0 Å². The van der Waals surface area contributed by atoms with Crippen molar-refractivity contribution in [3.05, 3.63) is 157 Å². The topological polar surface area (TPSA) is 26.3 Å². The van der Waals surface area contributed by atoms with Gasteiger partial charge in [-0.25, -0.2) is 0 Å². The molecule has 1 aliphatic rings. The number of halogens is 2. The number of furan rings is 2. The maximum atomic E-state index is 5.77. The number of benzene rings is 4. The predicted molar refractivity (Wildman–Crippen MR) is 198 cm³/mol. The van der Waals surface area contributed by atoms with Crippen molar-refractivity contribution >= 4 is 24.8 Å². The van der Waals surface area contributed by atoms with Gasteiger partial charge in [0.2, 0.25) is 0 Å². The molecule has 6 aromatic carbocycles. The van der Waals surface area contributed by atoms with Crippen LogP contribution in [-0.2, 0) is 24.2 Å². The van der Waals surface area contributed by atoms with Crippen LogP contribution in [0.4, 0.5) is 0 Å². The Balaban J connectivity index is 0.000000165. The van der Waals surface area contributed by atoms with Gasteiger partial charge in [-0.1, -0.05) is 101 Å². The molecule has 2 nitrogen and oxygen atoms in total. The third-order valence-electron chi connectivity index (χ3n) is 9.00. The summed E-state index contributed by atoms with van der Waals surface area (Å²) >= 11 is 1.67. The first-order valence-corrected chi connectivity index (χ1v) is 17.9. The molecule has 0 unspecified atom stereocenters. The minimum atomic E-state index is 0. The van der Waals surface area contributed by atoms with Gasteiger partial charge in [-0.2, -0.15) is 0 Å². The van der Waals surface area contributed by atoms with E-state index in [1.807, 2.05) is 44.2 Å². The summed E-state index contributed by atoms with van der Waals surface area (Å²) in [6.07, 6.45) is 4.36. The molecule has 1 fully saturated rings. The third kappa shape index (κ3) is 8.30. The molecule has 0 aliphatic heterocycles. The molecule has 0 spiro atoms. The zero-order chi connectivity index (χ0) is 33.0. The van der Waals surface area contributed by atoms with Crippen LogP contribution in [0.2, 0.25) is 0 Å². The number of aryl methyl sites for hydroxylation is 3. The van der Waals surface area contributed by atoms with Crippen molar-refractivity contribution in [2.24, 2.45) is 0 Å². The van der Waals surface area contributed by atoms with Crippen LogP contribution in [0.25, 0.3) is 66.4 Å². The Labute approximate surface area is 322 Å². The van der Waals surface area contributed by atoms with E-state index in [0.29, 0.717) is 0 Å². The Morgan fingerprint density at radius 2 is 1.06 bits per heavy atom. The molecule has 8 aromatic rings. The Hall–Kier alpha value is -4.01. The van der Waals surface area contributed by atoms with Crippen LogP contribution in [0.1, 0.15) is 36.3 Å². The van der Waals surface area contributed by atoms with Crippen molar-refractivity contribution in [1.29, 1.82) is 0 Å². The van der Waals surface area contributed by atoms with Gasteiger partial charge >= 0.3 is 46.7 Å². The molecule has 0 radical (unpaired) electrons.